The highest BCUT2D eigenvalue weighted by Crippen LogP contribution is 2.33. The number of amides is 2. The van der Waals surface area contributed by atoms with Gasteiger partial charge in [-0.2, -0.15) is 0 Å². The summed E-state index contributed by atoms with van der Waals surface area (Å²) in [4.78, 5) is 23.7. The molecule has 1 aliphatic heterocycles. The number of carbonyl (C=O) groups is 2. The molecule has 0 saturated heterocycles. The van der Waals surface area contributed by atoms with E-state index in [9.17, 15) is 9.59 Å². The van der Waals surface area contributed by atoms with Gasteiger partial charge in [0.15, 0.2) is 0 Å². The van der Waals surface area contributed by atoms with Crippen molar-refractivity contribution in [1.29, 1.82) is 0 Å². The third kappa shape index (κ3) is 1.64. The molecule has 0 fully saturated rings. The van der Waals surface area contributed by atoms with Crippen molar-refractivity contribution in [2.75, 3.05) is 4.90 Å². The van der Waals surface area contributed by atoms with Gasteiger partial charge in [0.25, 0.3) is 11.8 Å². The van der Waals surface area contributed by atoms with Gasteiger partial charge in [-0.15, -0.1) is 0 Å². The molecule has 15 heavy (non-hydrogen) atoms. The van der Waals surface area contributed by atoms with E-state index in [1.54, 1.807) is 18.2 Å². The lowest BCUT2D eigenvalue weighted by molar-refractivity contribution is -0.119. The lowest BCUT2D eigenvalue weighted by Crippen LogP contribution is -2.29. The predicted molar refractivity (Wildman–Crippen MR) is 58.1 cm³/mol. The molecule has 2 amide bonds. The molecule has 0 N–H and O–H groups in total. The molecule has 1 aromatic rings. The molecule has 76 valence electrons. The maximum Gasteiger partial charge on any atom is 0.258 e. The number of rotatable bonds is 1. The Morgan fingerprint density at radius 3 is 2.20 bits per heavy atom. The Balaban J connectivity index is 2.51. The van der Waals surface area contributed by atoms with E-state index in [-0.39, 0.29) is 5.02 Å². The molecule has 0 bridgehead atoms. The summed E-state index contributed by atoms with van der Waals surface area (Å²) in [5, 5.41) is 0.506. The molecule has 2 rings (SSSR count). The molecule has 3 nitrogen and oxygen atoms in total. The Kier molecular flexibility index (Phi) is 2.50. The molecule has 0 aliphatic carbocycles. The van der Waals surface area contributed by atoms with Crippen LogP contribution in [0.1, 0.15) is 0 Å². The minimum Gasteiger partial charge on any atom is -0.269 e. The van der Waals surface area contributed by atoms with Crippen molar-refractivity contribution >= 4 is 40.7 Å². The van der Waals surface area contributed by atoms with E-state index in [0.717, 1.165) is 4.90 Å². The van der Waals surface area contributed by atoms with Gasteiger partial charge in [0.2, 0.25) is 0 Å². The monoisotopic (exact) mass is 241 g/mol. The number of hydrogen-bond donors (Lipinski definition) is 0. The average molecular weight is 242 g/mol. The van der Waals surface area contributed by atoms with Crippen molar-refractivity contribution in [3.8, 4) is 0 Å². The van der Waals surface area contributed by atoms with Crippen LogP contribution in [-0.2, 0) is 9.59 Å². The second kappa shape index (κ2) is 3.68. The number of anilines is 1. The molecular formula is C10H5Cl2NO2. The molecule has 1 heterocycles. The van der Waals surface area contributed by atoms with E-state index in [4.69, 9.17) is 23.2 Å². The fourth-order valence-corrected chi connectivity index (χ4v) is 1.68. The Morgan fingerprint density at radius 1 is 1.00 bits per heavy atom. The minimum absolute atomic E-state index is 0.199. The van der Waals surface area contributed by atoms with Crippen molar-refractivity contribution < 1.29 is 9.59 Å². The smallest absolute Gasteiger partial charge is 0.258 e. The van der Waals surface area contributed by atoms with Crippen LogP contribution in [0.5, 0.6) is 0 Å². The van der Waals surface area contributed by atoms with E-state index in [1.807, 2.05) is 0 Å². The van der Waals surface area contributed by atoms with Crippen LogP contribution in [-0.4, -0.2) is 11.8 Å². The summed E-state index contributed by atoms with van der Waals surface area (Å²) in [7, 11) is 0. The van der Waals surface area contributed by atoms with Crippen LogP contribution in [0.3, 0.4) is 0 Å². The van der Waals surface area contributed by atoms with E-state index in [1.165, 1.54) is 12.2 Å². The van der Waals surface area contributed by atoms with Crippen LogP contribution < -0.4 is 4.90 Å². The first-order valence-electron chi connectivity index (χ1n) is 4.11. The summed E-state index contributed by atoms with van der Waals surface area (Å²) in [6.07, 6.45) is 2.39. The second-order valence-electron chi connectivity index (χ2n) is 2.92. The first kappa shape index (κ1) is 10.2. The van der Waals surface area contributed by atoms with Gasteiger partial charge in [0.1, 0.15) is 0 Å². The molecule has 0 atom stereocenters. The number of halogens is 2. The van der Waals surface area contributed by atoms with E-state index in [2.05, 4.69) is 0 Å². The molecule has 0 saturated carbocycles. The van der Waals surface area contributed by atoms with Gasteiger partial charge in [-0.05, 0) is 12.1 Å². The topological polar surface area (TPSA) is 37.4 Å². The summed E-state index contributed by atoms with van der Waals surface area (Å²) in [6, 6.07) is 4.78. The van der Waals surface area contributed by atoms with Crippen LogP contribution in [0.4, 0.5) is 5.69 Å². The van der Waals surface area contributed by atoms with Crippen LogP contribution in [0, 0.1) is 0 Å². The standard InChI is InChI=1S/C10H5Cl2NO2/c11-6-2-1-3-7(10(6)12)13-8(14)4-5-9(13)15/h1-5H. The summed E-state index contributed by atoms with van der Waals surface area (Å²) in [5.41, 5.74) is 0.309. The van der Waals surface area contributed by atoms with Gasteiger partial charge in [-0.3, -0.25) is 9.59 Å². The van der Waals surface area contributed by atoms with E-state index >= 15 is 0 Å². The lowest BCUT2D eigenvalue weighted by Gasteiger charge is -2.15. The number of benzene rings is 1. The highest BCUT2D eigenvalue weighted by Gasteiger charge is 2.27. The first-order valence-corrected chi connectivity index (χ1v) is 4.87. The second-order valence-corrected chi connectivity index (χ2v) is 3.70. The number of hydrogen-bond acceptors (Lipinski definition) is 2. The van der Waals surface area contributed by atoms with Crippen LogP contribution in [0.2, 0.25) is 10.0 Å². The van der Waals surface area contributed by atoms with Gasteiger partial charge in [0, 0.05) is 12.2 Å². The Bertz CT molecular complexity index is 464. The lowest BCUT2D eigenvalue weighted by atomic mass is 10.3. The first-order chi connectivity index (χ1) is 7.11. The quantitative estimate of drug-likeness (QED) is 0.709. The van der Waals surface area contributed by atoms with E-state index in [0.29, 0.717) is 10.7 Å². The maximum atomic E-state index is 11.4. The number of imide groups is 1. The third-order valence-electron chi connectivity index (χ3n) is 1.98. The Labute approximate surface area is 95.9 Å². The molecule has 0 aromatic heterocycles. The minimum atomic E-state index is -0.413. The number of carbonyl (C=O) groups excluding carboxylic acids is 2. The zero-order valence-corrected chi connectivity index (χ0v) is 8.92. The zero-order chi connectivity index (χ0) is 11.0. The summed E-state index contributed by atoms with van der Waals surface area (Å²) >= 11 is 11.7. The molecular weight excluding hydrogens is 237 g/mol. The normalized spacial score (nSPS) is 15.2. The Morgan fingerprint density at radius 2 is 1.60 bits per heavy atom. The van der Waals surface area contributed by atoms with Crippen LogP contribution >= 0.6 is 23.2 Å². The van der Waals surface area contributed by atoms with Crippen molar-refractivity contribution in [2.45, 2.75) is 0 Å². The van der Waals surface area contributed by atoms with Gasteiger partial charge < -0.3 is 0 Å². The molecule has 5 heteroatoms. The molecule has 0 spiro atoms. The van der Waals surface area contributed by atoms with Crippen LogP contribution in [0.25, 0.3) is 0 Å². The predicted octanol–water partition coefficient (Wildman–Crippen LogP) is 2.42. The summed E-state index contributed by atoms with van der Waals surface area (Å²) < 4.78 is 0. The average Bonchev–Trinajstić information content (AvgIpc) is 2.52. The summed E-state index contributed by atoms with van der Waals surface area (Å²) in [5.74, 6) is -0.826. The molecule has 1 aliphatic rings. The van der Waals surface area contributed by atoms with Crippen molar-refractivity contribution in [2.24, 2.45) is 0 Å². The van der Waals surface area contributed by atoms with Gasteiger partial charge in [-0.25, -0.2) is 4.90 Å². The molecule has 0 unspecified atom stereocenters. The van der Waals surface area contributed by atoms with Crippen molar-refractivity contribution in [3.05, 3.63) is 40.4 Å². The van der Waals surface area contributed by atoms with Crippen LogP contribution in [0.15, 0.2) is 30.4 Å². The largest absolute Gasteiger partial charge is 0.269 e. The van der Waals surface area contributed by atoms with Crippen molar-refractivity contribution in [1.82, 2.24) is 0 Å². The van der Waals surface area contributed by atoms with Crippen molar-refractivity contribution in [3.63, 3.8) is 0 Å². The third-order valence-corrected chi connectivity index (χ3v) is 2.79. The fraction of sp³-hybridized carbons (Fsp3) is 0. The summed E-state index contributed by atoms with van der Waals surface area (Å²) in [6.45, 7) is 0. The number of nitrogens with zero attached hydrogens (tertiary/aromatic N) is 1. The maximum absolute atomic E-state index is 11.4. The van der Waals surface area contributed by atoms with E-state index < -0.39 is 11.8 Å². The highest BCUT2D eigenvalue weighted by atomic mass is 35.5. The fourth-order valence-electron chi connectivity index (χ4n) is 1.30. The van der Waals surface area contributed by atoms with Gasteiger partial charge >= 0.3 is 0 Å². The highest BCUT2D eigenvalue weighted by molar-refractivity contribution is 6.45. The molecule has 0 radical (unpaired) electrons. The zero-order valence-electron chi connectivity index (χ0n) is 7.41. The molecule has 1 aromatic carbocycles. The van der Waals surface area contributed by atoms with Gasteiger partial charge in [-0.1, -0.05) is 29.3 Å². The van der Waals surface area contributed by atoms with Gasteiger partial charge in [0.05, 0.1) is 15.7 Å². The SMILES string of the molecule is O=C1C=CC(=O)N1c1cccc(Cl)c1Cl. The Hall–Kier alpha value is -1.32.